The number of furan rings is 1. The van der Waals surface area contributed by atoms with E-state index < -0.39 is 11.4 Å². The lowest BCUT2D eigenvalue weighted by molar-refractivity contribution is -0.143. The van der Waals surface area contributed by atoms with Crippen LogP contribution < -0.4 is 0 Å². The van der Waals surface area contributed by atoms with Crippen molar-refractivity contribution in [3.8, 4) is 0 Å². The average Bonchev–Trinajstić information content (AvgIpc) is 2.60. The van der Waals surface area contributed by atoms with Gasteiger partial charge in [0, 0.05) is 6.42 Å². The number of carboxylic acids is 1. The molecule has 0 aliphatic heterocycles. The van der Waals surface area contributed by atoms with Crippen molar-refractivity contribution in [2.24, 2.45) is 5.41 Å². The van der Waals surface area contributed by atoms with Crippen LogP contribution in [0.15, 0.2) is 22.8 Å². The standard InChI is InChI=1S/C9H10O3/c10-8(11)9(3-4-9)6-7-2-1-5-12-7/h1-2,5H,3-4,6H2,(H,10,11). The third-order valence-corrected chi connectivity index (χ3v) is 2.40. The van der Waals surface area contributed by atoms with Gasteiger partial charge in [0.25, 0.3) is 0 Å². The molecule has 1 aromatic rings. The van der Waals surface area contributed by atoms with Gasteiger partial charge >= 0.3 is 5.97 Å². The Balaban J connectivity index is 2.09. The molecule has 0 amide bonds. The highest BCUT2D eigenvalue weighted by Gasteiger charge is 2.50. The van der Waals surface area contributed by atoms with E-state index in [2.05, 4.69) is 0 Å². The smallest absolute Gasteiger partial charge is 0.310 e. The monoisotopic (exact) mass is 166 g/mol. The maximum absolute atomic E-state index is 10.8. The molecule has 1 saturated carbocycles. The minimum atomic E-state index is -0.695. The van der Waals surface area contributed by atoms with E-state index in [1.54, 1.807) is 12.3 Å². The summed E-state index contributed by atoms with van der Waals surface area (Å²) in [6.45, 7) is 0. The summed E-state index contributed by atoms with van der Waals surface area (Å²) in [5, 5.41) is 8.86. The predicted octanol–water partition coefficient (Wildman–Crippen LogP) is 1.69. The fourth-order valence-electron chi connectivity index (χ4n) is 1.36. The lowest BCUT2D eigenvalue weighted by Gasteiger charge is -2.05. The van der Waals surface area contributed by atoms with Crippen LogP contribution in [0.4, 0.5) is 0 Å². The van der Waals surface area contributed by atoms with Gasteiger partial charge in [0.15, 0.2) is 0 Å². The zero-order chi connectivity index (χ0) is 8.60. The molecular weight excluding hydrogens is 156 g/mol. The molecule has 3 nitrogen and oxygen atoms in total. The number of aliphatic carboxylic acids is 1. The largest absolute Gasteiger partial charge is 0.481 e. The highest BCUT2D eigenvalue weighted by Crippen LogP contribution is 2.48. The number of carboxylic acid groups (broad SMARTS) is 1. The molecule has 1 aromatic heterocycles. The Kier molecular flexibility index (Phi) is 1.46. The SMILES string of the molecule is O=C(O)C1(Cc2ccco2)CC1. The minimum absolute atomic E-state index is 0.502. The molecule has 0 saturated heterocycles. The molecule has 0 radical (unpaired) electrons. The van der Waals surface area contributed by atoms with Gasteiger partial charge in [-0.05, 0) is 25.0 Å². The predicted molar refractivity (Wildman–Crippen MR) is 41.7 cm³/mol. The Labute approximate surface area is 70.0 Å². The number of carbonyl (C=O) groups is 1. The Hall–Kier alpha value is -1.25. The zero-order valence-electron chi connectivity index (χ0n) is 6.62. The quantitative estimate of drug-likeness (QED) is 0.743. The maximum atomic E-state index is 10.8. The average molecular weight is 166 g/mol. The third-order valence-electron chi connectivity index (χ3n) is 2.40. The molecule has 0 bridgehead atoms. The first kappa shape index (κ1) is 7.40. The van der Waals surface area contributed by atoms with Crippen LogP contribution in [0.2, 0.25) is 0 Å². The van der Waals surface area contributed by atoms with Crippen LogP contribution in [0.3, 0.4) is 0 Å². The fourth-order valence-corrected chi connectivity index (χ4v) is 1.36. The van der Waals surface area contributed by atoms with E-state index in [1.807, 2.05) is 6.07 Å². The highest BCUT2D eigenvalue weighted by atomic mass is 16.4. The lowest BCUT2D eigenvalue weighted by Crippen LogP contribution is -2.17. The van der Waals surface area contributed by atoms with Crippen LogP contribution in [0.25, 0.3) is 0 Å². The third kappa shape index (κ3) is 1.11. The van der Waals surface area contributed by atoms with Crippen LogP contribution in [-0.2, 0) is 11.2 Å². The molecule has 1 N–H and O–H groups in total. The topological polar surface area (TPSA) is 50.4 Å². The second kappa shape index (κ2) is 2.37. The lowest BCUT2D eigenvalue weighted by atomic mass is 10.0. The van der Waals surface area contributed by atoms with Gasteiger partial charge in [-0.3, -0.25) is 4.79 Å². The number of hydrogen-bond donors (Lipinski definition) is 1. The molecule has 3 heteroatoms. The Morgan fingerprint density at radius 3 is 2.83 bits per heavy atom. The maximum Gasteiger partial charge on any atom is 0.310 e. The van der Waals surface area contributed by atoms with Gasteiger partial charge in [-0.25, -0.2) is 0 Å². The van der Waals surface area contributed by atoms with Crippen LogP contribution in [0.5, 0.6) is 0 Å². The van der Waals surface area contributed by atoms with Gasteiger partial charge in [0.05, 0.1) is 11.7 Å². The van der Waals surface area contributed by atoms with E-state index >= 15 is 0 Å². The van der Waals surface area contributed by atoms with Crippen molar-refractivity contribution in [1.29, 1.82) is 0 Å². The molecule has 2 rings (SSSR count). The molecule has 1 fully saturated rings. The molecular formula is C9H10O3. The van der Waals surface area contributed by atoms with Crippen molar-refractivity contribution >= 4 is 5.97 Å². The van der Waals surface area contributed by atoms with E-state index in [4.69, 9.17) is 9.52 Å². The van der Waals surface area contributed by atoms with Gasteiger partial charge in [-0.2, -0.15) is 0 Å². The summed E-state index contributed by atoms with van der Waals surface area (Å²) in [5.41, 5.74) is -0.502. The van der Waals surface area contributed by atoms with E-state index in [9.17, 15) is 4.79 Å². The first-order valence-corrected chi connectivity index (χ1v) is 3.99. The minimum Gasteiger partial charge on any atom is -0.481 e. The number of rotatable bonds is 3. The molecule has 0 unspecified atom stereocenters. The van der Waals surface area contributed by atoms with Crippen molar-refractivity contribution in [2.45, 2.75) is 19.3 Å². The van der Waals surface area contributed by atoms with Crippen LogP contribution in [0, 0.1) is 5.41 Å². The molecule has 0 spiro atoms. The van der Waals surface area contributed by atoms with E-state index in [1.165, 1.54) is 0 Å². The van der Waals surface area contributed by atoms with Crippen molar-refractivity contribution < 1.29 is 14.3 Å². The summed E-state index contributed by atoms with van der Waals surface area (Å²) in [4.78, 5) is 10.8. The molecule has 64 valence electrons. The Morgan fingerprint density at radius 1 is 1.67 bits per heavy atom. The van der Waals surface area contributed by atoms with Gasteiger partial charge in [-0.15, -0.1) is 0 Å². The van der Waals surface area contributed by atoms with Crippen molar-refractivity contribution in [3.63, 3.8) is 0 Å². The first-order chi connectivity index (χ1) is 5.73. The van der Waals surface area contributed by atoms with Crippen molar-refractivity contribution in [3.05, 3.63) is 24.2 Å². The Bertz CT molecular complexity index is 283. The van der Waals surface area contributed by atoms with Crippen molar-refractivity contribution in [1.82, 2.24) is 0 Å². The highest BCUT2D eigenvalue weighted by molar-refractivity contribution is 5.78. The number of hydrogen-bond acceptors (Lipinski definition) is 2. The second-order valence-electron chi connectivity index (χ2n) is 3.34. The normalized spacial score (nSPS) is 19.0. The van der Waals surface area contributed by atoms with Gasteiger partial charge in [0.2, 0.25) is 0 Å². The summed E-state index contributed by atoms with van der Waals surface area (Å²) in [7, 11) is 0. The summed E-state index contributed by atoms with van der Waals surface area (Å²) in [6.07, 6.45) is 3.68. The summed E-state index contributed by atoms with van der Waals surface area (Å²) in [5.74, 6) is 0.0776. The van der Waals surface area contributed by atoms with Crippen molar-refractivity contribution in [2.75, 3.05) is 0 Å². The molecule has 1 aliphatic rings. The van der Waals surface area contributed by atoms with Crippen LogP contribution >= 0.6 is 0 Å². The summed E-state index contributed by atoms with van der Waals surface area (Å²) < 4.78 is 5.10. The van der Waals surface area contributed by atoms with E-state index in [-0.39, 0.29) is 0 Å². The molecule has 0 atom stereocenters. The fraction of sp³-hybridized carbons (Fsp3) is 0.444. The summed E-state index contributed by atoms with van der Waals surface area (Å²) >= 11 is 0. The van der Waals surface area contributed by atoms with Crippen LogP contribution in [0.1, 0.15) is 18.6 Å². The molecule has 12 heavy (non-hydrogen) atoms. The Morgan fingerprint density at radius 2 is 2.42 bits per heavy atom. The zero-order valence-corrected chi connectivity index (χ0v) is 6.62. The first-order valence-electron chi connectivity index (χ1n) is 3.99. The van der Waals surface area contributed by atoms with E-state index in [0.29, 0.717) is 6.42 Å². The second-order valence-corrected chi connectivity index (χ2v) is 3.34. The van der Waals surface area contributed by atoms with Gasteiger partial charge < -0.3 is 9.52 Å². The molecule has 0 aromatic carbocycles. The molecule has 1 heterocycles. The van der Waals surface area contributed by atoms with E-state index in [0.717, 1.165) is 18.6 Å². The van der Waals surface area contributed by atoms with Crippen LogP contribution in [-0.4, -0.2) is 11.1 Å². The molecule has 1 aliphatic carbocycles. The van der Waals surface area contributed by atoms with Gasteiger partial charge in [-0.1, -0.05) is 0 Å². The van der Waals surface area contributed by atoms with Gasteiger partial charge in [0.1, 0.15) is 5.76 Å². The summed E-state index contributed by atoms with van der Waals surface area (Å²) in [6, 6.07) is 3.61.